The molecule has 2 heteroatoms. The Morgan fingerprint density at radius 1 is 0.889 bits per heavy atom. The number of hydrogen-bond donors (Lipinski definition) is 0. The van der Waals surface area contributed by atoms with Gasteiger partial charge >= 0.3 is 0 Å². The summed E-state index contributed by atoms with van der Waals surface area (Å²) in [5.41, 5.74) is 1.15. The molecule has 0 amide bonds. The van der Waals surface area contributed by atoms with Gasteiger partial charge < -0.3 is 4.42 Å². The van der Waals surface area contributed by atoms with Crippen molar-refractivity contribution in [3.05, 3.63) is 48.2 Å². The van der Waals surface area contributed by atoms with Crippen LogP contribution in [0.4, 0.5) is 0 Å². The minimum atomic E-state index is 0.951. The Kier molecular flexibility index (Phi) is 3.47. The fourth-order valence-electron chi connectivity index (χ4n) is 2.56. The van der Waals surface area contributed by atoms with Crippen molar-refractivity contribution in [2.45, 2.75) is 25.8 Å². The summed E-state index contributed by atoms with van der Waals surface area (Å²) in [7, 11) is 0. The molecule has 2 nitrogen and oxygen atoms in total. The van der Waals surface area contributed by atoms with Crippen LogP contribution in [0.1, 0.15) is 25.0 Å². The first kappa shape index (κ1) is 11.5. The molecule has 0 saturated carbocycles. The molecule has 0 aliphatic carbocycles. The van der Waals surface area contributed by atoms with Crippen molar-refractivity contribution in [1.29, 1.82) is 0 Å². The lowest BCUT2D eigenvalue weighted by Crippen LogP contribution is -2.28. The van der Waals surface area contributed by atoms with E-state index in [1.807, 2.05) is 18.2 Å². The fraction of sp³-hybridized carbons (Fsp3) is 0.375. The molecule has 2 heterocycles. The zero-order valence-electron chi connectivity index (χ0n) is 10.6. The van der Waals surface area contributed by atoms with Gasteiger partial charge in [-0.25, -0.2) is 0 Å². The number of piperidine rings is 1. The molecule has 1 aromatic heterocycles. The number of rotatable bonds is 3. The minimum Gasteiger partial charge on any atom is -0.460 e. The zero-order chi connectivity index (χ0) is 12.2. The van der Waals surface area contributed by atoms with E-state index in [1.54, 1.807) is 0 Å². The van der Waals surface area contributed by atoms with Crippen LogP contribution in [-0.4, -0.2) is 18.0 Å². The Hall–Kier alpha value is -1.54. The van der Waals surface area contributed by atoms with Gasteiger partial charge in [-0.15, -0.1) is 0 Å². The van der Waals surface area contributed by atoms with Crippen LogP contribution in [0, 0.1) is 0 Å². The summed E-state index contributed by atoms with van der Waals surface area (Å²) >= 11 is 0. The maximum atomic E-state index is 5.93. The second kappa shape index (κ2) is 5.40. The van der Waals surface area contributed by atoms with Gasteiger partial charge in [0.15, 0.2) is 0 Å². The minimum absolute atomic E-state index is 0.951. The molecule has 94 valence electrons. The van der Waals surface area contributed by atoms with Gasteiger partial charge in [0.25, 0.3) is 0 Å². The molecule has 1 saturated heterocycles. The van der Waals surface area contributed by atoms with Crippen molar-refractivity contribution in [3.8, 4) is 11.3 Å². The first-order valence-electron chi connectivity index (χ1n) is 6.78. The third-order valence-electron chi connectivity index (χ3n) is 3.55. The highest BCUT2D eigenvalue weighted by Crippen LogP contribution is 2.23. The molecule has 1 aliphatic rings. The Labute approximate surface area is 108 Å². The van der Waals surface area contributed by atoms with E-state index in [-0.39, 0.29) is 0 Å². The lowest BCUT2D eigenvalue weighted by atomic mass is 10.1. The second-order valence-corrected chi connectivity index (χ2v) is 4.97. The van der Waals surface area contributed by atoms with Crippen molar-refractivity contribution < 1.29 is 4.42 Å². The van der Waals surface area contributed by atoms with Gasteiger partial charge in [0.05, 0.1) is 6.54 Å². The Balaban J connectivity index is 1.69. The van der Waals surface area contributed by atoms with Gasteiger partial charge in [0.1, 0.15) is 11.5 Å². The highest BCUT2D eigenvalue weighted by Gasteiger charge is 2.12. The maximum absolute atomic E-state index is 5.93. The molecular formula is C16H19NO. The fourth-order valence-corrected chi connectivity index (χ4v) is 2.56. The summed E-state index contributed by atoms with van der Waals surface area (Å²) in [6.45, 7) is 3.37. The monoisotopic (exact) mass is 241 g/mol. The van der Waals surface area contributed by atoms with Crippen molar-refractivity contribution in [1.82, 2.24) is 4.90 Å². The van der Waals surface area contributed by atoms with Crippen LogP contribution in [-0.2, 0) is 6.54 Å². The molecule has 3 rings (SSSR count). The summed E-state index contributed by atoms with van der Waals surface area (Å²) < 4.78 is 5.93. The number of benzene rings is 1. The molecule has 0 unspecified atom stereocenters. The summed E-state index contributed by atoms with van der Waals surface area (Å²) in [5.74, 6) is 2.05. The predicted octanol–water partition coefficient (Wildman–Crippen LogP) is 3.93. The topological polar surface area (TPSA) is 16.4 Å². The van der Waals surface area contributed by atoms with E-state index in [0.29, 0.717) is 0 Å². The van der Waals surface area contributed by atoms with Crippen LogP contribution in [0.25, 0.3) is 11.3 Å². The third-order valence-corrected chi connectivity index (χ3v) is 3.55. The van der Waals surface area contributed by atoms with Crippen molar-refractivity contribution in [3.63, 3.8) is 0 Å². The Morgan fingerprint density at radius 2 is 1.67 bits per heavy atom. The Morgan fingerprint density at radius 3 is 2.44 bits per heavy atom. The molecule has 0 N–H and O–H groups in total. The van der Waals surface area contributed by atoms with Crippen LogP contribution in [0.2, 0.25) is 0 Å². The number of nitrogens with zero attached hydrogens (tertiary/aromatic N) is 1. The largest absolute Gasteiger partial charge is 0.460 e. The van der Waals surface area contributed by atoms with Gasteiger partial charge in [0, 0.05) is 5.56 Å². The van der Waals surface area contributed by atoms with Crippen LogP contribution in [0.15, 0.2) is 46.9 Å². The van der Waals surface area contributed by atoms with Gasteiger partial charge in [0.2, 0.25) is 0 Å². The van der Waals surface area contributed by atoms with Crippen molar-refractivity contribution in [2.75, 3.05) is 13.1 Å². The average molecular weight is 241 g/mol. The van der Waals surface area contributed by atoms with E-state index in [2.05, 4.69) is 29.2 Å². The van der Waals surface area contributed by atoms with Crippen LogP contribution in [0.5, 0.6) is 0 Å². The molecular weight excluding hydrogens is 222 g/mol. The van der Waals surface area contributed by atoms with E-state index in [9.17, 15) is 0 Å². The van der Waals surface area contributed by atoms with E-state index in [0.717, 1.165) is 23.6 Å². The SMILES string of the molecule is c1ccc(-c2ccc(CN3CCCCC3)o2)cc1. The number of hydrogen-bond acceptors (Lipinski definition) is 2. The molecule has 1 aromatic carbocycles. The summed E-state index contributed by atoms with van der Waals surface area (Å²) in [5, 5.41) is 0. The number of likely N-dealkylation sites (tertiary alicyclic amines) is 1. The van der Waals surface area contributed by atoms with E-state index in [1.165, 1.54) is 32.4 Å². The summed E-state index contributed by atoms with van der Waals surface area (Å²) in [6.07, 6.45) is 4.03. The molecule has 2 aromatic rings. The molecule has 1 aliphatic heterocycles. The standard InChI is InChI=1S/C16H19NO/c1-3-7-14(8-4-1)16-10-9-15(18-16)13-17-11-5-2-6-12-17/h1,3-4,7-10H,2,5-6,11-13H2. The highest BCUT2D eigenvalue weighted by molar-refractivity contribution is 5.57. The predicted molar refractivity (Wildman–Crippen MR) is 73.3 cm³/mol. The molecule has 1 fully saturated rings. The third kappa shape index (κ3) is 2.65. The van der Waals surface area contributed by atoms with Crippen LogP contribution < -0.4 is 0 Å². The second-order valence-electron chi connectivity index (χ2n) is 4.97. The van der Waals surface area contributed by atoms with E-state index in [4.69, 9.17) is 4.42 Å². The first-order valence-corrected chi connectivity index (χ1v) is 6.78. The van der Waals surface area contributed by atoms with E-state index < -0.39 is 0 Å². The zero-order valence-corrected chi connectivity index (χ0v) is 10.6. The van der Waals surface area contributed by atoms with Gasteiger partial charge in [-0.1, -0.05) is 36.8 Å². The van der Waals surface area contributed by atoms with Crippen molar-refractivity contribution >= 4 is 0 Å². The normalized spacial score (nSPS) is 16.9. The average Bonchev–Trinajstić information content (AvgIpc) is 2.89. The molecule has 0 atom stereocenters. The highest BCUT2D eigenvalue weighted by atomic mass is 16.3. The Bertz CT molecular complexity index is 483. The van der Waals surface area contributed by atoms with Gasteiger partial charge in [-0.05, 0) is 38.1 Å². The van der Waals surface area contributed by atoms with Crippen LogP contribution >= 0.6 is 0 Å². The summed E-state index contributed by atoms with van der Waals surface area (Å²) in [4.78, 5) is 2.48. The molecule has 0 radical (unpaired) electrons. The number of furan rings is 1. The molecule has 0 bridgehead atoms. The molecule has 18 heavy (non-hydrogen) atoms. The van der Waals surface area contributed by atoms with Gasteiger partial charge in [-0.3, -0.25) is 4.90 Å². The maximum Gasteiger partial charge on any atom is 0.134 e. The van der Waals surface area contributed by atoms with Crippen molar-refractivity contribution in [2.24, 2.45) is 0 Å². The lowest BCUT2D eigenvalue weighted by Gasteiger charge is -2.25. The summed E-state index contributed by atoms with van der Waals surface area (Å²) in [6, 6.07) is 14.5. The first-order chi connectivity index (χ1) is 8.92. The lowest BCUT2D eigenvalue weighted by molar-refractivity contribution is 0.206. The molecule has 0 spiro atoms. The van der Waals surface area contributed by atoms with E-state index >= 15 is 0 Å². The quantitative estimate of drug-likeness (QED) is 0.809. The van der Waals surface area contributed by atoms with Gasteiger partial charge in [-0.2, -0.15) is 0 Å². The smallest absolute Gasteiger partial charge is 0.134 e. The van der Waals surface area contributed by atoms with Crippen LogP contribution in [0.3, 0.4) is 0 Å².